The molecule has 2 aromatic heterocycles. The van der Waals surface area contributed by atoms with Crippen molar-refractivity contribution < 1.29 is 4.42 Å². The van der Waals surface area contributed by atoms with E-state index in [2.05, 4.69) is 50.2 Å². The third-order valence-electron chi connectivity index (χ3n) is 1.49. The van der Waals surface area contributed by atoms with Crippen LogP contribution in [0.2, 0.25) is 0 Å². The molecule has 2 N–H and O–H groups in total. The lowest BCUT2D eigenvalue weighted by atomic mass is 10.4. The minimum absolute atomic E-state index is 0.627. The van der Waals surface area contributed by atoms with Crippen molar-refractivity contribution in [3.63, 3.8) is 0 Å². The summed E-state index contributed by atoms with van der Waals surface area (Å²) < 4.78 is 7.13. The van der Waals surface area contributed by atoms with Crippen LogP contribution in [0.4, 0.5) is 5.69 Å². The van der Waals surface area contributed by atoms with Crippen LogP contribution in [0.15, 0.2) is 16.7 Å². The lowest BCUT2D eigenvalue weighted by molar-refractivity contribution is 0.585. The van der Waals surface area contributed by atoms with Crippen LogP contribution in [-0.4, -0.2) is 4.98 Å². The number of pyridine rings is 1. The number of hydrogen-bond donors (Lipinski definition) is 1. The van der Waals surface area contributed by atoms with Gasteiger partial charge >= 0.3 is 0 Å². The minimum atomic E-state index is 0.627. The molecule has 12 heavy (non-hydrogen) atoms. The number of nitrogen functional groups attached to an aromatic ring is 1. The van der Waals surface area contributed by atoms with Gasteiger partial charge in [-0.15, -0.1) is 0 Å². The van der Waals surface area contributed by atoms with Crippen LogP contribution >= 0.6 is 45.2 Å². The van der Waals surface area contributed by atoms with Crippen molar-refractivity contribution in [3.05, 3.63) is 19.6 Å². The van der Waals surface area contributed by atoms with Gasteiger partial charge in [-0.1, -0.05) is 0 Å². The number of anilines is 1. The normalized spacial score (nSPS) is 10.8. The first kappa shape index (κ1) is 8.54. The number of nitrogens with zero attached hydrogens (tertiary/aromatic N) is 1. The maximum absolute atomic E-state index is 5.72. The molecule has 0 aliphatic rings. The molecule has 0 saturated carbocycles. The van der Waals surface area contributed by atoms with Gasteiger partial charge in [-0.3, -0.25) is 0 Å². The average Bonchev–Trinajstić information content (AvgIpc) is 2.28. The van der Waals surface area contributed by atoms with E-state index in [1.807, 2.05) is 6.07 Å². The van der Waals surface area contributed by atoms with Crippen LogP contribution < -0.4 is 5.73 Å². The molecule has 0 aromatic carbocycles. The summed E-state index contributed by atoms with van der Waals surface area (Å²) in [7, 11) is 0. The van der Waals surface area contributed by atoms with Crippen LogP contribution in [0.3, 0.4) is 0 Å². The van der Waals surface area contributed by atoms with Crippen LogP contribution in [0.1, 0.15) is 0 Å². The Labute approximate surface area is 96.0 Å². The van der Waals surface area contributed by atoms with E-state index in [9.17, 15) is 0 Å². The first-order chi connectivity index (χ1) is 5.68. The predicted octanol–water partition coefficient (Wildman–Crippen LogP) is 2.62. The number of aromatic nitrogens is 1. The zero-order valence-corrected chi connectivity index (χ0v) is 10.2. The van der Waals surface area contributed by atoms with E-state index < -0.39 is 0 Å². The fourth-order valence-electron chi connectivity index (χ4n) is 0.945. The van der Waals surface area contributed by atoms with Gasteiger partial charge in [0.05, 0.1) is 0 Å². The van der Waals surface area contributed by atoms with Gasteiger partial charge in [0.2, 0.25) is 0 Å². The molecule has 0 radical (unpaired) electrons. The number of nitrogens with two attached hydrogens (primary N) is 1. The van der Waals surface area contributed by atoms with Crippen LogP contribution in [-0.2, 0) is 0 Å². The lowest BCUT2D eigenvalue weighted by Gasteiger charge is -1.88. The number of halogens is 2. The third-order valence-corrected chi connectivity index (χ3v) is 2.88. The van der Waals surface area contributed by atoms with Gasteiger partial charge in [0.25, 0.3) is 0 Å². The molecule has 0 spiro atoms. The van der Waals surface area contributed by atoms with E-state index >= 15 is 0 Å². The Balaban J connectivity index is 2.87. The molecule has 3 nitrogen and oxygen atoms in total. The first-order valence-electron chi connectivity index (χ1n) is 3.17. The lowest BCUT2D eigenvalue weighted by Crippen LogP contribution is -1.85. The summed E-state index contributed by atoms with van der Waals surface area (Å²) >= 11 is 4.24. The second-order valence-corrected chi connectivity index (χ2v) is 4.52. The van der Waals surface area contributed by atoms with E-state index in [0.717, 1.165) is 14.7 Å². The summed E-state index contributed by atoms with van der Waals surface area (Å²) in [6.45, 7) is 0. The van der Waals surface area contributed by atoms with E-state index in [4.69, 9.17) is 10.2 Å². The largest absolute Gasteiger partial charge is 0.446 e. The van der Waals surface area contributed by atoms with Gasteiger partial charge in [0.15, 0.2) is 9.35 Å². The topological polar surface area (TPSA) is 52.0 Å². The molecule has 2 rings (SSSR count). The molecular formula is C7H4I2N2O. The van der Waals surface area contributed by atoms with Crippen molar-refractivity contribution in [2.24, 2.45) is 0 Å². The molecule has 0 unspecified atom stereocenters. The maximum atomic E-state index is 5.72. The molecule has 2 heterocycles. The highest BCUT2D eigenvalue weighted by atomic mass is 127. The molecule has 0 aliphatic carbocycles. The summed E-state index contributed by atoms with van der Waals surface area (Å²) in [4.78, 5) is 4.17. The molecule has 2 aromatic rings. The molecular weight excluding hydrogens is 382 g/mol. The monoisotopic (exact) mass is 386 g/mol. The van der Waals surface area contributed by atoms with E-state index in [-0.39, 0.29) is 0 Å². The van der Waals surface area contributed by atoms with Gasteiger partial charge < -0.3 is 10.2 Å². The first-order valence-corrected chi connectivity index (χ1v) is 5.33. The van der Waals surface area contributed by atoms with Crippen molar-refractivity contribution in [1.82, 2.24) is 4.98 Å². The van der Waals surface area contributed by atoms with Gasteiger partial charge in [-0.05, 0) is 28.7 Å². The zero-order valence-electron chi connectivity index (χ0n) is 5.84. The molecule has 0 amide bonds. The standard InChI is InChI=1S/C7H4I2N2O/c8-3-1-4-6(11-2-3)5(10)7(9)12-4/h1-2H,10H2. The van der Waals surface area contributed by atoms with Crippen LogP contribution in [0.5, 0.6) is 0 Å². The van der Waals surface area contributed by atoms with Crippen molar-refractivity contribution >= 4 is 62.0 Å². The van der Waals surface area contributed by atoms with Crippen molar-refractivity contribution in [2.45, 2.75) is 0 Å². The molecule has 62 valence electrons. The number of rotatable bonds is 0. The van der Waals surface area contributed by atoms with E-state index in [0.29, 0.717) is 9.45 Å². The summed E-state index contributed by atoms with van der Waals surface area (Å²) in [6, 6.07) is 1.92. The van der Waals surface area contributed by atoms with Crippen LogP contribution in [0, 0.1) is 7.34 Å². The molecule has 5 heteroatoms. The average molecular weight is 386 g/mol. The Kier molecular flexibility index (Phi) is 2.15. The maximum Gasteiger partial charge on any atom is 0.189 e. The summed E-state index contributed by atoms with van der Waals surface area (Å²) in [6.07, 6.45) is 1.77. The minimum Gasteiger partial charge on any atom is -0.446 e. The third kappa shape index (κ3) is 1.28. The Hall–Kier alpha value is -0.0500. The predicted molar refractivity (Wildman–Crippen MR) is 63.9 cm³/mol. The smallest absolute Gasteiger partial charge is 0.189 e. The van der Waals surface area contributed by atoms with Gasteiger partial charge in [0.1, 0.15) is 11.2 Å². The number of fused-ring (bicyclic) bond motifs is 1. The molecule has 0 fully saturated rings. The van der Waals surface area contributed by atoms with E-state index in [1.165, 1.54) is 0 Å². The Bertz CT molecular complexity index is 438. The number of furan rings is 1. The van der Waals surface area contributed by atoms with Crippen molar-refractivity contribution in [2.75, 3.05) is 5.73 Å². The Morgan fingerprint density at radius 1 is 1.42 bits per heavy atom. The Morgan fingerprint density at radius 3 is 2.92 bits per heavy atom. The molecule has 0 atom stereocenters. The second-order valence-electron chi connectivity index (χ2n) is 2.29. The van der Waals surface area contributed by atoms with Gasteiger partial charge in [-0.2, -0.15) is 0 Å². The second kappa shape index (κ2) is 3.02. The fraction of sp³-hybridized carbons (Fsp3) is 0. The summed E-state index contributed by atoms with van der Waals surface area (Å²) in [5.74, 6) is 0. The summed E-state index contributed by atoms with van der Waals surface area (Å²) in [5.41, 5.74) is 7.85. The highest BCUT2D eigenvalue weighted by molar-refractivity contribution is 14.1. The van der Waals surface area contributed by atoms with E-state index in [1.54, 1.807) is 6.20 Å². The molecule has 0 bridgehead atoms. The number of hydrogen-bond acceptors (Lipinski definition) is 3. The fourth-order valence-corrected chi connectivity index (χ4v) is 1.86. The highest BCUT2D eigenvalue weighted by Crippen LogP contribution is 2.28. The Morgan fingerprint density at radius 2 is 2.17 bits per heavy atom. The van der Waals surface area contributed by atoms with Gasteiger partial charge in [0, 0.05) is 32.4 Å². The SMILES string of the molecule is Nc1c(I)oc2cc(I)cnc12. The van der Waals surface area contributed by atoms with Crippen molar-refractivity contribution in [1.29, 1.82) is 0 Å². The van der Waals surface area contributed by atoms with Gasteiger partial charge in [-0.25, -0.2) is 4.98 Å². The summed E-state index contributed by atoms with van der Waals surface area (Å²) in [5, 5.41) is 0. The highest BCUT2D eigenvalue weighted by Gasteiger charge is 2.09. The van der Waals surface area contributed by atoms with Crippen molar-refractivity contribution in [3.8, 4) is 0 Å². The molecule has 0 aliphatic heterocycles. The van der Waals surface area contributed by atoms with Crippen LogP contribution in [0.25, 0.3) is 11.1 Å². The quantitative estimate of drug-likeness (QED) is 0.709. The zero-order chi connectivity index (χ0) is 8.72. The molecule has 0 saturated heterocycles.